The summed E-state index contributed by atoms with van der Waals surface area (Å²) in [5.74, 6) is -1.44. The largest absolute Gasteiger partial charge is 0.352 e. The van der Waals surface area contributed by atoms with Crippen molar-refractivity contribution in [2.45, 2.75) is 62.6 Å². The third-order valence-corrected chi connectivity index (χ3v) is 10.6. The fourth-order valence-electron chi connectivity index (χ4n) is 5.74. The molecule has 5 rings (SSSR count). The van der Waals surface area contributed by atoms with Gasteiger partial charge in [-0.1, -0.05) is 96.2 Å². The van der Waals surface area contributed by atoms with Gasteiger partial charge >= 0.3 is 0 Å². The van der Waals surface area contributed by atoms with Gasteiger partial charge in [-0.25, -0.2) is 12.8 Å². The molecule has 1 aliphatic carbocycles. The topological polar surface area (TPSA) is 86.8 Å². The number of aryl methyl sites for hydroxylation is 1. The molecule has 4 aromatic carbocycles. The minimum atomic E-state index is -4.35. The van der Waals surface area contributed by atoms with E-state index in [2.05, 4.69) is 5.32 Å². The number of anilines is 1. The average Bonchev–Trinajstić information content (AvgIpc) is 3.57. The summed E-state index contributed by atoms with van der Waals surface area (Å²) in [5.41, 5.74) is 2.26. The second-order valence-electron chi connectivity index (χ2n) is 11.8. The number of nitrogens with zero attached hydrogens (tertiary/aromatic N) is 2. The number of rotatable bonds is 12. The third-order valence-electron chi connectivity index (χ3n) is 8.30. The zero-order valence-corrected chi connectivity index (χ0v) is 28.2. The van der Waals surface area contributed by atoms with Crippen LogP contribution in [0.2, 0.25) is 10.0 Å². The van der Waals surface area contributed by atoms with Gasteiger partial charge in [-0.15, -0.1) is 0 Å². The van der Waals surface area contributed by atoms with E-state index < -0.39 is 34.3 Å². The lowest BCUT2D eigenvalue weighted by molar-refractivity contribution is -0.140. The van der Waals surface area contributed by atoms with E-state index in [1.165, 1.54) is 47.4 Å². The molecule has 246 valence electrons. The van der Waals surface area contributed by atoms with Crippen LogP contribution in [0, 0.1) is 12.7 Å². The lowest BCUT2D eigenvalue weighted by Crippen LogP contribution is -2.54. The molecule has 47 heavy (non-hydrogen) atoms. The maximum Gasteiger partial charge on any atom is 0.264 e. The first kappa shape index (κ1) is 34.4. The highest BCUT2D eigenvalue weighted by molar-refractivity contribution is 7.92. The fourth-order valence-corrected chi connectivity index (χ4v) is 7.60. The molecule has 0 aliphatic heterocycles. The van der Waals surface area contributed by atoms with Gasteiger partial charge in [-0.2, -0.15) is 0 Å². The molecular weight excluding hydrogens is 660 g/mol. The first-order chi connectivity index (χ1) is 22.5. The number of halogens is 3. The fraction of sp³-hybridized carbons (Fsp3) is 0.278. The SMILES string of the molecule is Cc1ccc(S(=O)(=O)N(CC(=O)N(Cc2ccc(F)cc2)[C@H](Cc2ccccc2)C(=O)NC2CCCC2)c2cc(Cl)ccc2Cl)cc1. The van der Waals surface area contributed by atoms with Crippen LogP contribution in [0.25, 0.3) is 0 Å². The van der Waals surface area contributed by atoms with Crippen molar-refractivity contribution in [3.63, 3.8) is 0 Å². The second-order valence-corrected chi connectivity index (χ2v) is 14.5. The van der Waals surface area contributed by atoms with Gasteiger partial charge in [0, 0.05) is 24.0 Å². The van der Waals surface area contributed by atoms with Crippen molar-refractivity contribution in [1.29, 1.82) is 0 Å². The van der Waals surface area contributed by atoms with E-state index in [4.69, 9.17) is 23.2 Å². The van der Waals surface area contributed by atoms with Gasteiger partial charge in [0.15, 0.2) is 0 Å². The van der Waals surface area contributed by atoms with E-state index in [0.717, 1.165) is 41.1 Å². The van der Waals surface area contributed by atoms with Crippen molar-refractivity contribution >= 4 is 50.7 Å². The summed E-state index contributed by atoms with van der Waals surface area (Å²) in [7, 11) is -4.35. The molecule has 2 amide bonds. The first-order valence-corrected chi connectivity index (χ1v) is 17.6. The minimum absolute atomic E-state index is 0.0184. The summed E-state index contributed by atoms with van der Waals surface area (Å²) in [5, 5.41) is 3.43. The Bertz CT molecular complexity index is 1800. The molecule has 0 bridgehead atoms. The molecule has 0 spiro atoms. The Morgan fingerprint density at radius 1 is 0.894 bits per heavy atom. The van der Waals surface area contributed by atoms with Gasteiger partial charge in [-0.3, -0.25) is 13.9 Å². The zero-order valence-electron chi connectivity index (χ0n) is 25.9. The molecule has 7 nitrogen and oxygen atoms in total. The lowest BCUT2D eigenvalue weighted by atomic mass is 10.0. The molecule has 4 aromatic rings. The third kappa shape index (κ3) is 8.71. The Hall–Kier alpha value is -3.92. The van der Waals surface area contributed by atoms with E-state index in [0.29, 0.717) is 5.56 Å². The van der Waals surface area contributed by atoms with Crippen LogP contribution in [0.4, 0.5) is 10.1 Å². The van der Waals surface area contributed by atoms with Gasteiger partial charge in [0.2, 0.25) is 11.8 Å². The van der Waals surface area contributed by atoms with Crippen molar-refractivity contribution < 1.29 is 22.4 Å². The Morgan fingerprint density at radius 2 is 1.55 bits per heavy atom. The number of carbonyl (C=O) groups is 2. The summed E-state index contributed by atoms with van der Waals surface area (Å²) in [6, 6.07) is 24.6. The highest BCUT2D eigenvalue weighted by Crippen LogP contribution is 2.33. The Balaban J connectivity index is 1.58. The highest BCUT2D eigenvalue weighted by atomic mass is 35.5. The number of hydrogen-bond donors (Lipinski definition) is 1. The number of amides is 2. The van der Waals surface area contributed by atoms with Crippen LogP contribution in [0.15, 0.2) is 102 Å². The number of hydrogen-bond acceptors (Lipinski definition) is 4. The monoisotopic (exact) mass is 695 g/mol. The van der Waals surface area contributed by atoms with E-state index in [-0.39, 0.29) is 45.5 Å². The van der Waals surface area contributed by atoms with Gasteiger partial charge in [0.05, 0.1) is 15.6 Å². The summed E-state index contributed by atoms with van der Waals surface area (Å²) in [4.78, 5) is 30.0. The minimum Gasteiger partial charge on any atom is -0.352 e. The predicted molar refractivity (Wildman–Crippen MR) is 183 cm³/mol. The molecular formula is C36H36Cl2FN3O4S. The van der Waals surface area contributed by atoms with Gasteiger partial charge in [-0.05, 0) is 73.4 Å². The number of nitrogens with one attached hydrogen (secondary N) is 1. The van der Waals surface area contributed by atoms with Crippen molar-refractivity contribution in [2.24, 2.45) is 0 Å². The van der Waals surface area contributed by atoms with Crippen molar-refractivity contribution in [1.82, 2.24) is 10.2 Å². The molecule has 0 heterocycles. The Labute approximate surface area is 285 Å². The summed E-state index contributed by atoms with van der Waals surface area (Å²) < 4.78 is 43.3. The molecule has 0 unspecified atom stereocenters. The second kappa shape index (κ2) is 15.3. The summed E-state index contributed by atoms with van der Waals surface area (Å²) in [6.07, 6.45) is 3.85. The molecule has 1 atom stereocenters. The van der Waals surface area contributed by atoms with Crippen LogP contribution in [0.3, 0.4) is 0 Å². The molecule has 1 aliphatic rings. The Morgan fingerprint density at radius 3 is 2.21 bits per heavy atom. The van der Waals surface area contributed by atoms with Crippen LogP contribution < -0.4 is 9.62 Å². The van der Waals surface area contributed by atoms with E-state index in [9.17, 15) is 22.4 Å². The summed E-state index contributed by atoms with van der Waals surface area (Å²) in [6.45, 7) is 1.08. The van der Waals surface area contributed by atoms with Gasteiger partial charge in [0.1, 0.15) is 18.4 Å². The zero-order chi connectivity index (χ0) is 33.6. The van der Waals surface area contributed by atoms with Crippen LogP contribution in [-0.2, 0) is 32.6 Å². The van der Waals surface area contributed by atoms with Gasteiger partial charge < -0.3 is 10.2 Å². The molecule has 0 aromatic heterocycles. The van der Waals surface area contributed by atoms with Crippen molar-refractivity contribution in [3.05, 3.63) is 130 Å². The number of benzene rings is 4. The standard InChI is InChI=1S/C36H36Cl2FN3O4S/c1-25-11-18-31(19-12-25)47(45,46)42(33-22-28(37)15-20-32(33)38)24-35(43)41(23-27-13-16-29(39)17-14-27)34(21-26-7-3-2-4-8-26)36(44)40-30-9-5-6-10-30/h2-4,7-8,11-20,22,30,34H,5-6,9-10,21,23-24H2,1H3,(H,40,44)/t34-/m1/s1. The number of carbonyl (C=O) groups excluding carboxylic acids is 2. The normalized spacial score (nSPS) is 14.0. The molecule has 1 N–H and O–H groups in total. The van der Waals surface area contributed by atoms with Crippen LogP contribution in [-0.4, -0.2) is 43.8 Å². The maximum absolute atomic E-state index is 14.6. The van der Waals surface area contributed by atoms with Crippen molar-refractivity contribution in [3.8, 4) is 0 Å². The summed E-state index contributed by atoms with van der Waals surface area (Å²) >= 11 is 12.8. The highest BCUT2D eigenvalue weighted by Gasteiger charge is 2.36. The quantitative estimate of drug-likeness (QED) is 0.168. The smallest absolute Gasteiger partial charge is 0.264 e. The first-order valence-electron chi connectivity index (χ1n) is 15.4. The van der Waals surface area contributed by atoms with Crippen LogP contribution in [0.1, 0.15) is 42.4 Å². The number of sulfonamides is 1. The van der Waals surface area contributed by atoms with E-state index in [1.54, 1.807) is 24.3 Å². The van der Waals surface area contributed by atoms with Crippen LogP contribution >= 0.6 is 23.2 Å². The molecule has 1 fully saturated rings. The molecule has 1 saturated carbocycles. The van der Waals surface area contributed by atoms with Crippen molar-refractivity contribution in [2.75, 3.05) is 10.8 Å². The Kier molecular flexibility index (Phi) is 11.2. The molecule has 0 saturated heterocycles. The van der Waals surface area contributed by atoms with E-state index in [1.807, 2.05) is 37.3 Å². The maximum atomic E-state index is 14.6. The molecule has 11 heteroatoms. The average molecular weight is 697 g/mol. The lowest BCUT2D eigenvalue weighted by Gasteiger charge is -2.34. The van der Waals surface area contributed by atoms with E-state index >= 15 is 0 Å². The molecule has 0 radical (unpaired) electrons. The predicted octanol–water partition coefficient (Wildman–Crippen LogP) is 7.34. The van der Waals surface area contributed by atoms with Gasteiger partial charge in [0.25, 0.3) is 10.0 Å². The van der Waals surface area contributed by atoms with Crippen LogP contribution in [0.5, 0.6) is 0 Å².